The van der Waals surface area contributed by atoms with Gasteiger partial charge in [0.2, 0.25) is 0 Å². The van der Waals surface area contributed by atoms with Crippen molar-refractivity contribution in [2.24, 2.45) is 0 Å². The molecule has 0 spiro atoms. The van der Waals surface area contributed by atoms with Gasteiger partial charge in [0.25, 0.3) is 5.88 Å². The Balaban J connectivity index is 2.81. The molecule has 0 aromatic carbocycles. The molecule has 1 heterocycles. The van der Waals surface area contributed by atoms with Crippen molar-refractivity contribution in [1.29, 1.82) is 0 Å². The number of aromatic hydroxyl groups is 1. The topological polar surface area (TPSA) is 42.4 Å². The van der Waals surface area contributed by atoms with Gasteiger partial charge in [0.1, 0.15) is 0 Å². The van der Waals surface area contributed by atoms with Gasteiger partial charge in [-0.25, -0.2) is 4.98 Å². The summed E-state index contributed by atoms with van der Waals surface area (Å²) < 4.78 is 5.41. The van der Waals surface area contributed by atoms with Crippen LogP contribution in [0.3, 0.4) is 0 Å². The van der Waals surface area contributed by atoms with E-state index in [0.717, 1.165) is 12.1 Å². The van der Waals surface area contributed by atoms with Crippen LogP contribution in [0.4, 0.5) is 0 Å². The van der Waals surface area contributed by atoms with Gasteiger partial charge in [0.05, 0.1) is 6.10 Å². The summed E-state index contributed by atoms with van der Waals surface area (Å²) in [5.74, 6) is 0.431. The fraction of sp³-hybridized carbons (Fsp3) is 0.500. The lowest BCUT2D eigenvalue weighted by Crippen LogP contribution is -2.11. The summed E-state index contributed by atoms with van der Waals surface area (Å²) in [4.78, 5) is 4.09. The Labute approximate surface area is 78.4 Å². The standard InChI is InChI=1S/C10H15NO2/c1-4-8(3)13-10-9(12)6-5-7(2)11-10/h5-6,8,12H,4H2,1-3H3. The summed E-state index contributed by atoms with van der Waals surface area (Å²) in [5.41, 5.74) is 0.844. The molecule has 0 fully saturated rings. The van der Waals surface area contributed by atoms with Crippen molar-refractivity contribution in [3.63, 3.8) is 0 Å². The van der Waals surface area contributed by atoms with Gasteiger partial charge >= 0.3 is 0 Å². The second-order valence-electron chi connectivity index (χ2n) is 3.11. The molecule has 3 heteroatoms. The molecule has 3 nitrogen and oxygen atoms in total. The molecule has 13 heavy (non-hydrogen) atoms. The Morgan fingerprint density at radius 3 is 2.85 bits per heavy atom. The highest BCUT2D eigenvalue weighted by Crippen LogP contribution is 2.24. The van der Waals surface area contributed by atoms with E-state index >= 15 is 0 Å². The minimum absolute atomic E-state index is 0.0835. The zero-order chi connectivity index (χ0) is 9.84. The molecule has 1 unspecified atom stereocenters. The van der Waals surface area contributed by atoms with E-state index in [-0.39, 0.29) is 11.9 Å². The van der Waals surface area contributed by atoms with Crippen LogP contribution in [0.15, 0.2) is 12.1 Å². The Kier molecular flexibility index (Phi) is 3.12. The summed E-state index contributed by atoms with van der Waals surface area (Å²) in [6.07, 6.45) is 0.981. The minimum Gasteiger partial charge on any atom is -0.503 e. The van der Waals surface area contributed by atoms with E-state index in [0.29, 0.717) is 5.88 Å². The zero-order valence-electron chi connectivity index (χ0n) is 8.24. The maximum Gasteiger partial charge on any atom is 0.257 e. The third-order valence-corrected chi connectivity index (χ3v) is 1.87. The quantitative estimate of drug-likeness (QED) is 0.777. The van der Waals surface area contributed by atoms with Crippen LogP contribution in [-0.4, -0.2) is 16.2 Å². The predicted molar refractivity (Wildman–Crippen MR) is 51.0 cm³/mol. The van der Waals surface area contributed by atoms with E-state index in [1.54, 1.807) is 12.1 Å². The Hall–Kier alpha value is -1.25. The number of rotatable bonds is 3. The molecular formula is C10H15NO2. The number of hydrogen-bond acceptors (Lipinski definition) is 3. The van der Waals surface area contributed by atoms with Crippen LogP contribution in [0.5, 0.6) is 11.6 Å². The van der Waals surface area contributed by atoms with Crippen molar-refractivity contribution in [1.82, 2.24) is 4.98 Å². The monoisotopic (exact) mass is 181 g/mol. The van der Waals surface area contributed by atoms with Gasteiger partial charge in [-0.2, -0.15) is 0 Å². The molecule has 0 saturated carbocycles. The number of aromatic nitrogens is 1. The minimum atomic E-state index is 0.0835. The smallest absolute Gasteiger partial charge is 0.257 e. The molecule has 72 valence electrons. The zero-order valence-corrected chi connectivity index (χ0v) is 8.24. The van der Waals surface area contributed by atoms with Crippen LogP contribution < -0.4 is 4.74 Å². The van der Waals surface area contributed by atoms with Crippen molar-refractivity contribution < 1.29 is 9.84 Å². The van der Waals surface area contributed by atoms with Crippen LogP contribution in [0.1, 0.15) is 26.0 Å². The van der Waals surface area contributed by atoms with Crippen molar-refractivity contribution in [3.8, 4) is 11.6 Å². The van der Waals surface area contributed by atoms with Crippen molar-refractivity contribution in [2.45, 2.75) is 33.3 Å². The molecule has 1 rings (SSSR count). The van der Waals surface area contributed by atoms with Crippen LogP contribution in [-0.2, 0) is 0 Å². The van der Waals surface area contributed by atoms with Crippen LogP contribution >= 0.6 is 0 Å². The second kappa shape index (κ2) is 4.12. The Morgan fingerprint density at radius 2 is 2.23 bits per heavy atom. The molecule has 0 aliphatic carbocycles. The van der Waals surface area contributed by atoms with Crippen molar-refractivity contribution in [3.05, 3.63) is 17.8 Å². The van der Waals surface area contributed by atoms with Gasteiger partial charge in [-0.3, -0.25) is 0 Å². The van der Waals surface area contributed by atoms with E-state index in [2.05, 4.69) is 4.98 Å². The summed E-state index contributed by atoms with van der Waals surface area (Å²) >= 11 is 0. The molecule has 1 N–H and O–H groups in total. The second-order valence-corrected chi connectivity index (χ2v) is 3.11. The maximum atomic E-state index is 9.39. The number of hydrogen-bond donors (Lipinski definition) is 1. The van der Waals surface area contributed by atoms with Crippen LogP contribution in [0.25, 0.3) is 0 Å². The SMILES string of the molecule is CCC(C)Oc1nc(C)ccc1O. The summed E-state index contributed by atoms with van der Waals surface area (Å²) in [7, 11) is 0. The van der Waals surface area contributed by atoms with Crippen molar-refractivity contribution >= 4 is 0 Å². The van der Waals surface area contributed by atoms with Gasteiger partial charge in [0, 0.05) is 5.69 Å². The van der Waals surface area contributed by atoms with Gasteiger partial charge in [-0.1, -0.05) is 6.92 Å². The molecule has 0 bridgehead atoms. The van der Waals surface area contributed by atoms with E-state index in [4.69, 9.17) is 4.74 Å². The summed E-state index contributed by atoms with van der Waals surface area (Å²) in [5, 5.41) is 9.39. The lowest BCUT2D eigenvalue weighted by Gasteiger charge is -2.12. The molecule has 0 radical (unpaired) electrons. The first kappa shape index (κ1) is 9.84. The third-order valence-electron chi connectivity index (χ3n) is 1.87. The molecule has 1 atom stereocenters. The highest BCUT2D eigenvalue weighted by atomic mass is 16.5. The average Bonchev–Trinajstić information content (AvgIpc) is 2.11. The van der Waals surface area contributed by atoms with Gasteiger partial charge in [-0.05, 0) is 32.4 Å². The molecular weight excluding hydrogens is 166 g/mol. The number of ether oxygens (including phenoxy) is 1. The molecule has 0 saturated heterocycles. The van der Waals surface area contributed by atoms with Crippen LogP contribution in [0, 0.1) is 6.92 Å². The fourth-order valence-corrected chi connectivity index (χ4v) is 0.886. The molecule has 0 amide bonds. The molecule has 0 aliphatic heterocycles. The van der Waals surface area contributed by atoms with E-state index < -0.39 is 0 Å². The van der Waals surface area contributed by atoms with Gasteiger partial charge in [-0.15, -0.1) is 0 Å². The lowest BCUT2D eigenvalue weighted by molar-refractivity contribution is 0.199. The Bertz CT molecular complexity index is 286. The van der Waals surface area contributed by atoms with E-state index in [9.17, 15) is 5.11 Å². The van der Waals surface area contributed by atoms with Crippen LogP contribution in [0.2, 0.25) is 0 Å². The third kappa shape index (κ3) is 2.61. The first-order chi connectivity index (χ1) is 6.13. The normalized spacial score (nSPS) is 12.5. The Morgan fingerprint density at radius 1 is 1.54 bits per heavy atom. The largest absolute Gasteiger partial charge is 0.503 e. The number of pyridine rings is 1. The molecule has 0 aliphatic rings. The number of nitrogens with zero attached hydrogens (tertiary/aromatic N) is 1. The lowest BCUT2D eigenvalue weighted by atomic mass is 10.3. The molecule has 1 aromatic rings. The van der Waals surface area contributed by atoms with Gasteiger partial charge < -0.3 is 9.84 Å². The highest BCUT2D eigenvalue weighted by Gasteiger charge is 2.07. The summed E-state index contributed by atoms with van der Waals surface area (Å²) in [6.45, 7) is 5.84. The number of aryl methyl sites for hydroxylation is 1. The fourth-order valence-electron chi connectivity index (χ4n) is 0.886. The maximum absolute atomic E-state index is 9.39. The highest BCUT2D eigenvalue weighted by molar-refractivity contribution is 5.32. The van der Waals surface area contributed by atoms with Gasteiger partial charge in [0.15, 0.2) is 5.75 Å². The van der Waals surface area contributed by atoms with E-state index in [1.165, 1.54) is 0 Å². The van der Waals surface area contributed by atoms with E-state index in [1.807, 2.05) is 20.8 Å². The predicted octanol–water partition coefficient (Wildman–Crippen LogP) is 2.27. The molecule has 1 aromatic heterocycles. The first-order valence-electron chi connectivity index (χ1n) is 4.46. The van der Waals surface area contributed by atoms with Crippen molar-refractivity contribution in [2.75, 3.05) is 0 Å². The average molecular weight is 181 g/mol. The summed E-state index contributed by atoms with van der Waals surface area (Å²) in [6, 6.07) is 3.35. The first-order valence-corrected chi connectivity index (χ1v) is 4.46.